The highest BCUT2D eigenvalue weighted by atomic mass is 16.5. The number of benzene rings is 1. The normalized spacial score (nSPS) is 18.5. The molecule has 1 aromatic carbocycles. The van der Waals surface area contributed by atoms with Gasteiger partial charge in [0.05, 0.1) is 19.4 Å². The van der Waals surface area contributed by atoms with E-state index in [9.17, 15) is 4.79 Å². The van der Waals surface area contributed by atoms with Crippen molar-refractivity contribution >= 4 is 12.0 Å². The van der Waals surface area contributed by atoms with E-state index in [0.717, 1.165) is 37.1 Å². The number of ether oxygens (including phenoxy) is 1. The first kappa shape index (κ1) is 16.4. The molecule has 0 aliphatic carbocycles. The molecule has 0 N–H and O–H groups in total. The van der Waals surface area contributed by atoms with Crippen LogP contribution in [0.3, 0.4) is 0 Å². The molecule has 1 aliphatic rings. The standard InChI is InChI=1S/C20H23NO3/c1-23-17-10-8-16(9-11-17)19-7-3-2-4-14-21(19)20(22)13-12-18-6-5-15-24-18/h5-6,8-13,15,19H,2-4,7,14H2,1H3/b13-12+/t19-/m0/s1. The molecule has 1 aliphatic heterocycles. The summed E-state index contributed by atoms with van der Waals surface area (Å²) in [5, 5.41) is 0. The van der Waals surface area contributed by atoms with E-state index in [4.69, 9.17) is 9.15 Å². The van der Waals surface area contributed by atoms with Crippen LogP contribution in [0.25, 0.3) is 6.08 Å². The van der Waals surface area contributed by atoms with Crippen LogP contribution in [0.5, 0.6) is 5.75 Å². The summed E-state index contributed by atoms with van der Waals surface area (Å²) in [6, 6.07) is 11.8. The van der Waals surface area contributed by atoms with E-state index in [1.54, 1.807) is 25.5 Å². The number of methoxy groups -OCH3 is 1. The summed E-state index contributed by atoms with van der Waals surface area (Å²) in [6.45, 7) is 0.790. The van der Waals surface area contributed by atoms with Gasteiger partial charge in [-0.05, 0) is 48.7 Å². The van der Waals surface area contributed by atoms with Crippen molar-refractivity contribution in [3.63, 3.8) is 0 Å². The Morgan fingerprint density at radius 2 is 2.04 bits per heavy atom. The zero-order valence-electron chi connectivity index (χ0n) is 14.0. The second kappa shape index (κ2) is 7.86. The first-order valence-electron chi connectivity index (χ1n) is 8.44. The van der Waals surface area contributed by atoms with Crippen molar-refractivity contribution in [1.82, 2.24) is 4.90 Å². The van der Waals surface area contributed by atoms with Crippen molar-refractivity contribution in [3.05, 3.63) is 60.1 Å². The number of carbonyl (C=O) groups is 1. The zero-order valence-corrected chi connectivity index (χ0v) is 14.0. The highest BCUT2D eigenvalue weighted by Crippen LogP contribution is 2.31. The van der Waals surface area contributed by atoms with E-state index in [0.29, 0.717) is 5.76 Å². The van der Waals surface area contributed by atoms with Crippen LogP contribution in [0.1, 0.15) is 43.0 Å². The van der Waals surface area contributed by atoms with Gasteiger partial charge in [-0.2, -0.15) is 0 Å². The van der Waals surface area contributed by atoms with Gasteiger partial charge in [0.25, 0.3) is 0 Å². The molecule has 4 heteroatoms. The van der Waals surface area contributed by atoms with E-state index >= 15 is 0 Å². The Hall–Kier alpha value is -2.49. The summed E-state index contributed by atoms with van der Waals surface area (Å²) in [5.74, 6) is 1.57. The van der Waals surface area contributed by atoms with Crippen molar-refractivity contribution in [2.75, 3.05) is 13.7 Å². The molecule has 4 nitrogen and oxygen atoms in total. The van der Waals surface area contributed by atoms with Gasteiger partial charge in [-0.1, -0.05) is 25.0 Å². The van der Waals surface area contributed by atoms with E-state index in [-0.39, 0.29) is 11.9 Å². The molecule has 126 valence electrons. The number of likely N-dealkylation sites (tertiary alicyclic amines) is 1. The van der Waals surface area contributed by atoms with Crippen molar-refractivity contribution in [1.29, 1.82) is 0 Å². The average Bonchev–Trinajstić information content (AvgIpc) is 3.02. The molecule has 0 bridgehead atoms. The Kier molecular flexibility index (Phi) is 5.36. The van der Waals surface area contributed by atoms with E-state index in [1.165, 1.54) is 6.42 Å². The van der Waals surface area contributed by atoms with Crippen LogP contribution in [0, 0.1) is 0 Å². The van der Waals surface area contributed by atoms with Crippen LogP contribution in [0.15, 0.2) is 53.2 Å². The lowest BCUT2D eigenvalue weighted by molar-refractivity contribution is -0.128. The van der Waals surface area contributed by atoms with Crippen LogP contribution in [-0.2, 0) is 4.79 Å². The fourth-order valence-corrected chi connectivity index (χ4v) is 3.18. The molecule has 2 aromatic rings. The Morgan fingerprint density at radius 3 is 2.75 bits per heavy atom. The van der Waals surface area contributed by atoms with Gasteiger partial charge in [-0.15, -0.1) is 0 Å². The van der Waals surface area contributed by atoms with E-state index in [2.05, 4.69) is 12.1 Å². The van der Waals surface area contributed by atoms with Gasteiger partial charge in [-0.25, -0.2) is 0 Å². The Bertz CT molecular complexity index is 673. The molecule has 1 saturated heterocycles. The van der Waals surface area contributed by atoms with Gasteiger partial charge in [-0.3, -0.25) is 4.79 Å². The summed E-state index contributed by atoms with van der Waals surface area (Å²) < 4.78 is 10.5. The van der Waals surface area contributed by atoms with Gasteiger partial charge in [0.15, 0.2) is 0 Å². The predicted octanol–water partition coefficient (Wildman–Crippen LogP) is 4.45. The number of carbonyl (C=O) groups excluding carboxylic acids is 1. The van der Waals surface area contributed by atoms with Crippen LogP contribution in [0.2, 0.25) is 0 Å². The minimum Gasteiger partial charge on any atom is -0.497 e. The summed E-state index contributed by atoms with van der Waals surface area (Å²) in [5.41, 5.74) is 1.16. The largest absolute Gasteiger partial charge is 0.497 e. The minimum absolute atomic E-state index is 0.0362. The molecule has 24 heavy (non-hydrogen) atoms. The SMILES string of the molecule is COc1ccc([C@@H]2CCCCCN2C(=O)/C=C/c2ccco2)cc1. The molecule has 1 aromatic heterocycles. The number of hydrogen-bond acceptors (Lipinski definition) is 3. The van der Waals surface area contributed by atoms with Crippen molar-refractivity contribution in [3.8, 4) is 5.75 Å². The summed E-state index contributed by atoms with van der Waals surface area (Å²) in [4.78, 5) is 14.7. The molecule has 0 spiro atoms. The maximum absolute atomic E-state index is 12.7. The van der Waals surface area contributed by atoms with Crippen LogP contribution in [0.4, 0.5) is 0 Å². The molecule has 3 rings (SSSR count). The van der Waals surface area contributed by atoms with Gasteiger partial charge < -0.3 is 14.1 Å². The molecule has 1 fully saturated rings. The van der Waals surface area contributed by atoms with Crippen molar-refractivity contribution < 1.29 is 13.9 Å². The van der Waals surface area contributed by atoms with E-state index < -0.39 is 0 Å². The molecular formula is C20H23NO3. The second-order valence-electron chi connectivity index (χ2n) is 6.02. The number of furan rings is 1. The van der Waals surface area contributed by atoms with Crippen molar-refractivity contribution in [2.24, 2.45) is 0 Å². The first-order chi connectivity index (χ1) is 11.8. The Balaban J connectivity index is 1.79. The summed E-state index contributed by atoms with van der Waals surface area (Å²) >= 11 is 0. The molecule has 0 radical (unpaired) electrons. The van der Waals surface area contributed by atoms with Crippen LogP contribution < -0.4 is 4.74 Å². The van der Waals surface area contributed by atoms with E-state index in [1.807, 2.05) is 29.2 Å². The molecule has 2 heterocycles. The topological polar surface area (TPSA) is 42.7 Å². The highest BCUT2D eigenvalue weighted by molar-refractivity contribution is 5.91. The minimum atomic E-state index is 0.0362. The van der Waals surface area contributed by atoms with Gasteiger partial charge in [0.2, 0.25) is 5.91 Å². The third-order valence-corrected chi connectivity index (χ3v) is 4.47. The van der Waals surface area contributed by atoms with Crippen LogP contribution >= 0.6 is 0 Å². The fourth-order valence-electron chi connectivity index (χ4n) is 3.18. The molecule has 1 amide bonds. The maximum atomic E-state index is 12.7. The fraction of sp³-hybridized carbons (Fsp3) is 0.350. The second-order valence-corrected chi connectivity index (χ2v) is 6.02. The lowest BCUT2D eigenvalue weighted by atomic mass is 10.0. The lowest BCUT2D eigenvalue weighted by Crippen LogP contribution is -2.33. The maximum Gasteiger partial charge on any atom is 0.247 e. The highest BCUT2D eigenvalue weighted by Gasteiger charge is 2.25. The summed E-state index contributed by atoms with van der Waals surface area (Å²) in [6.07, 6.45) is 9.30. The van der Waals surface area contributed by atoms with Crippen LogP contribution in [-0.4, -0.2) is 24.5 Å². The monoisotopic (exact) mass is 325 g/mol. The molecule has 0 saturated carbocycles. The quantitative estimate of drug-likeness (QED) is 0.780. The Labute approximate surface area is 142 Å². The van der Waals surface area contributed by atoms with Gasteiger partial charge >= 0.3 is 0 Å². The third-order valence-electron chi connectivity index (χ3n) is 4.47. The van der Waals surface area contributed by atoms with Crippen molar-refractivity contribution in [2.45, 2.75) is 31.7 Å². The molecular weight excluding hydrogens is 302 g/mol. The predicted molar refractivity (Wildman–Crippen MR) is 93.7 cm³/mol. The average molecular weight is 325 g/mol. The number of hydrogen-bond donors (Lipinski definition) is 0. The number of nitrogens with zero attached hydrogens (tertiary/aromatic N) is 1. The zero-order chi connectivity index (χ0) is 16.8. The Morgan fingerprint density at radius 1 is 1.21 bits per heavy atom. The first-order valence-corrected chi connectivity index (χ1v) is 8.44. The lowest BCUT2D eigenvalue weighted by Gasteiger charge is -2.29. The van der Waals surface area contributed by atoms with Gasteiger partial charge in [0, 0.05) is 12.6 Å². The molecule has 0 unspecified atom stereocenters. The number of rotatable bonds is 4. The number of amides is 1. The third kappa shape index (κ3) is 3.88. The smallest absolute Gasteiger partial charge is 0.247 e. The molecule has 1 atom stereocenters. The summed E-state index contributed by atoms with van der Waals surface area (Å²) in [7, 11) is 1.66. The van der Waals surface area contributed by atoms with Gasteiger partial charge in [0.1, 0.15) is 11.5 Å².